The lowest BCUT2D eigenvalue weighted by atomic mass is 9.90. The number of nitrogens with zero attached hydrogens (tertiary/aromatic N) is 2. The van der Waals surface area contributed by atoms with Gasteiger partial charge in [0.2, 0.25) is 5.91 Å². The highest BCUT2D eigenvalue weighted by Gasteiger charge is 2.21. The van der Waals surface area contributed by atoms with Crippen molar-refractivity contribution in [2.45, 2.75) is 46.6 Å². The molecule has 126 valence electrons. The molecule has 1 aromatic heterocycles. The van der Waals surface area contributed by atoms with Crippen molar-refractivity contribution in [1.29, 1.82) is 0 Å². The van der Waals surface area contributed by atoms with Crippen molar-refractivity contribution in [2.75, 3.05) is 5.32 Å². The molecular formula is C19H23N3O2. The summed E-state index contributed by atoms with van der Waals surface area (Å²) in [6.45, 7) is 5.95. The molecule has 1 amide bonds. The predicted octanol–water partition coefficient (Wildman–Crippen LogP) is 3.03. The second kappa shape index (κ2) is 6.69. The second-order valence-corrected chi connectivity index (χ2v) is 6.75. The zero-order chi connectivity index (χ0) is 17.3. The average molecular weight is 325 g/mol. The van der Waals surface area contributed by atoms with Crippen molar-refractivity contribution in [2.24, 2.45) is 5.92 Å². The normalized spacial score (nSPS) is 12.7. The number of anilines is 1. The number of carbonyl (C=O) groups excluding carboxylic acids is 1. The van der Waals surface area contributed by atoms with Crippen LogP contribution in [0.15, 0.2) is 18.2 Å². The van der Waals surface area contributed by atoms with E-state index in [1.165, 1.54) is 5.56 Å². The zero-order valence-corrected chi connectivity index (χ0v) is 14.4. The third-order valence-corrected chi connectivity index (χ3v) is 4.23. The molecular weight excluding hydrogens is 302 g/mol. The number of hydrogen-bond acceptors (Lipinski definition) is 4. The maximum Gasteiger partial charge on any atom is 0.225 e. The Morgan fingerprint density at radius 2 is 2.08 bits per heavy atom. The SMILES string of the molecule is Cc1nc2c(nc1NC(=O)CC(C)C)CCc1cc(CO)ccc1-2. The Balaban J connectivity index is 1.93. The molecule has 0 saturated carbocycles. The van der Waals surface area contributed by atoms with Gasteiger partial charge in [0.25, 0.3) is 0 Å². The molecule has 1 aliphatic carbocycles. The molecule has 0 bridgehead atoms. The van der Waals surface area contributed by atoms with Gasteiger partial charge in [-0.15, -0.1) is 0 Å². The Kier molecular flexibility index (Phi) is 4.62. The molecule has 0 unspecified atom stereocenters. The van der Waals surface area contributed by atoms with Crippen molar-refractivity contribution < 1.29 is 9.90 Å². The lowest BCUT2D eigenvalue weighted by Crippen LogP contribution is -2.18. The number of benzene rings is 1. The van der Waals surface area contributed by atoms with Gasteiger partial charge in [0.05, 0.1) is 23.7 Å². The van der Waals surface area contributed by atoms with E-state index in [0.717, 1.165) is 41.1 Å². The summed E-state index contributed by atoms with van der Waals surface area (Å²) < 4.78 is 0. The van der Waals surface area contributed by atoms with Gasteiger partial charge in [0.15, 0.2) is 5.82 Å². The molecule has 2 N–H and O–H groups in total. The van der Waals surface area contributed by atoms with E-state index in [4.69, 9.17) is 4.98 Å². The molecule has 5 nitrogen and oxygen atoms in total. The largest absolute Gasteiger partial charge is 0.392 e. The van der Waals surface area contributed by atoms with Crippen molar-refractivity contribution >= 4 is 11.7 Å². The Labute approximate surface area is 142 Å². The number of fused-ring (bicyclic) bond motifs is 3. The maximum absolute atomic E-state index is 12.0. The number of nitrogens with one attached hydrogen (secondary N) is 1. The lowest BCUT2D eigenvalue weighted by molar-refractivity contribution is -0.116. The topological polar surface area (TPSA) is 75.1 Å². The van der Waals surface area contributed by atoms with Crippen LogP contribution in [0.2, 0.25) is 0 Å². The number of amides is 1. The smallest absolute Gasteiger partial charge is 0.225 e. The predicted molar refractivity (Wildman–Crippen MR) is 93.6 cm³/mol. The Bertz CT molecular complexity index is 784. The minimum absolute atomic E-state index is 0.0221. The first kappa shape index (κ1) is 16.6. The number of aliphatic hydroxyl groups is 1. The van der Waals surface area contributed by atoms with Crippen molar-refractivity contribution in [3.05, 3.63) is 40.7 Å². The second-order valence-electron chi connectivity index (χ2n) is 6.75. The van der Waals surface area contributed by atoms with Crippen LogP contribution in [-0.4, -0.2) is 21.0 Å². The molecule has 5 heteroatoms. The third kappa shape index (κ3) is 3.31. The number of aryl methyl sites for hydroxylation is 3. The average Bonchev–Trinajstić information content (AvgIpc) is 2.54. The van der Waals surface area contributed by atoms with Crippen LogP contribution in [0.25, 0.3) is 11.3 Å². The monoisotopic (exact) mass is 325 g/mol. The quantitative estimate of drug-likeness (QED) is 0.906. The molecule has 0 atom stereocenters. The third-order valence-electron chi connectivity index (χ3n) is 4.23. The number of rotatable bonds is 4. The molecule has 2 aromatic rings. The standard InChI is InChI=1S/C19H23N3O2/c1-11(2)8-17(24)22-19-12(3)20-18-15-6-4-13(10-23)9-14(15)5-7-16(18)21-19/h4,6,9,11,23H,5,7-8,10H2,1-3H3,(H,21,22,24). The van der Waals surface area contributed by atoms with Gasteiger partial charge in [-0.3, -0.25) is 4.79 Å². The highest BCUT2D eigenvalue weighted by Crippen LogP contribution is 2.33. The van der Waals surface area contributed by atoms with Crippen LogP contribution in [0.1, 0.15) is 42.8 Å². The van der Waals surface area contributed by atoms with Gasteiger partial charge < -0.3 is 10.4 Å². The van der Waals surface area contributed by atoms with Gasteiger partial charge in [-0.2, -0.15) is 0 Å². The summed E-state index contributed by atoms with van der Waals surface area (Å²) in [6.07, 6.45) is 2.13. The van der Waals surface area contributed by atoms with E-state index in [1.807, 2.05) is 39.0 Å². The van der Waals surface area contributed by atoms with E-state index in [9.17, 15) is 9.90 Å². The first-order chi connectivity index (χ1) is 11.5. The van der Waals surface area contributed by atoms with Crippen LogP contribution in [0.4, 0.5) is 5.82 Å². The maximum atomic E-state index is 12.0. The van der Waals surface area contributed by atoms with Crippen LogP contribution < -0.4 is 5.32 Å². The lowest BCUT2D eigenvalue weighted by Gasteiger charge is -2.20. The van der Waals surface area contributed by atoms with E-state index in [0.29, 0.717) is 18.2 Å². The molecule has 3 rings (SSSR count). The van der Waals surface area contributed by atoms with Gasteiger partial charge in [0, 0.05) is 12.0 Å². The van der Waals surface area contributed by atoms with Gasteiger partial charge >= 0.3 is 0 Å². The van der Waals surface area contributed by atoms with E-state index in [1.54, 1.807) is 0 Å². The highest BCUT2D eigenvalue weighted by atomic mass is 16.3. The number of aliphatic hydroxyl groups excluding tert-OH is 1. The van der Waals surface area contributed by atoms with Gasteiger partial charge in [-0.1, -0.05) is 32.0 Å². The van der Waals surface area contributed by atoms with Crippen LogP contribution in [-0.2, 0) is 24.2 Å². The molecule has 0 aliphatic heterocycles. The summed E-state index contributed by atoms with van der Waals surface area (Å²) in [6, 6.07) is 5.96. The van der Waals surface area contributed by atoms with Gasteiger partial charge in [-0.05, 0) is 36.8 Å². The molecule has 1 heterocycles. The molecule has 1 aliphatic rings. The molecule has 0 fully saturated rings. The van der Waals surface area contributed by atoms with Crippen LogP contribution in [0.3, 0.4) is 0 Å². The number of aromatic nitrogens is 2. The number of hydrogen-bond donors (Lipinski definition) is 2. The van der Waals surface area contributed by atoms with Gasteiger partial charge in [0.1, 0.15) is 0 Å². The Morgan fingerprint density at radius 3 is 2.79 bits per heavy atom. The first-order valence-corrected chi connectivity index (χ1v) is 8.38. The summed E-state index contributed by atoms with van der Waals surface area (Å²) in [5.74, 6) is 0.851. The fourth-order valence-corrected chi connectivity index (χ4v) is 3.05. The number of carbonyl (C=O) groups is 1. The van der Waals surface area contributed by atoms with Gasteiger partial charge in [-0.25, -0.2) is 9.97 Å². The van der Waals surface area contributed by atoms with E-state index >= 15 is 0 Å². The van der Waals surface area contributed by atoms with Crippen molar-refractivity contribution in [1.82, 2.24) is 9.97 Å². The fourth-order valence-electron chi connectivity index (χ4n) is 3.05. The van der Waals surface area contributed by atoms with E-state index in [2.05, 4.69) is 10.3 Å². The van der Waals surface area contributed by atoms with Crippen molar-refractivity contribution in [3.8, 4) is 11.3 Å². The Hall–Kier alpha value is -2.27. The van der Waals surface area contributed by atoms with Crippen LogP contribution >= 0.6 is 0 Å². The molecule has 0 spiro atoms. The molecule has 0 radical (unpaired) electrons. The summed E-state index contributed by atoms with van der Waals surface area (Å²) in [5.41, 5.74) is 5.72. The summed E-state index contributed by atoms with van der Waals surface area (Å²) in [4.78, 5) is 21.4. The van der Waals surface area contributed by atoms with Crippen molar-refractivity contribution in [3.63, 3.8) is 0 Å². The summed E-state index contributed by atoms with van der Waals surface area (Å²) in [5, 5.41) is 12.2. The highest BCUT2D eigenvalue weighted by molar-refractivity contribution is 5.90. The van der Waals surface area contributed by atoms with E-state index in [-0.39, 0.29) is 12.5 Å². The van der Waals surface area contributed by atoms with E-state index < -0.39 is 0 Å². The summed E-state index contributed by atoms with van der Waals surface area (Å²) in [7, 11) is 0. The minimum atomic E-state index is -0.0221. The Morgan fingerprint density at radius 1 is 1.29 bits per heavy atom. The molecule has 24 heavy (non-hydrogen) atoms. The van der Waals surface area contributed by atoms with Crippen LogP contribution in [0.5, 0.6) is 0 Å². The first-order valence-electron chi connectivity index (χ1n) is 8.38. The van der Waals surface area contributed by atoms with Crippen LogP contribution in [0, 0.1) is 12.8 Å². The molecule has 1 aromatic carbocycles. The minimum Gasteiger partial charge on any atom is -0.392 e. The fraction of sp³-hybridized carbons (Fsp3) is 0.421. The molecule has 0 saturated heterocycles. The zero-order valence-electron chi connectivity index (χ0n) is 14.4. The summed E-state index contributed by atoms with van der Waals surface area (Å²) >= 11 is 0.